The Kier molecular flexibility index (Phi) is 6.96. The SMILES string of the molecule is CCSNC(=O)/C=C/c1ccc(CN2CCC(N)CC2)cc1. The van der Waals surface area contributed by atoms with E-state index in [-0.39, 0.29) is 5.91 Å². The van der Waals surface area contributed by atoms with Crippen LogP contribution in [0, 0.1) is 0 Å². The van der Waals surface area contributed by atoms with Crippen molar-refractivity contribution in [2.24, 2.45) is 5.73 Å². The van der Waals surface area contributed by atoms with Crippen LogP contribution in [0.3, 0.4) is 0 Å². The highest BCUT2D eigenvalue weighted by Gasteiger charge is 2.15. The first kappa shape index (κ1) is 17.1. The fourth-order valence-corrected chi connectivity index (χ4v) is 2.81. The Morgan fingerprint density at radius 3 is 2.68 bits per heavy atom. The first-order chi connectivity index (χ1) is 10.7. The average molecular weight is 319 g/mol. The van der Waals surface area contributed by atoms with Crippen LogP contribution in [0.25, 0.3) is 6.08 Å². The summed E-state index contributed by atoms with van der Waals surface area (Å²) in [5.41, 5.74) is 8.28. The van der Waals surface area contributed by atoms with Crippen molar-refractivity contribution in [2.75, 3.05) is 18.8 Å². The van der Waals surface area contributed by atoms with Crippen molar-refractivity contribution < 1.29 is 4.79 Å². The van der Waals surface area contributed by atoms with Crippen molar-refractivity contribution in [3.05, 3.63) is 41.5 Å². The van der Waals surface area contributed by atoms with Gasteiger partial charge in [-0.3, -0.25) is 14.4 Å². The molecule has 120 valence electrons. The Bertz CT molecular complexity index is 493. The van der Waals surface area contributed by atoms with Crippen molar-refractivity contribution in [2.45, 2.75) is 32.4 Å². The van der Waals surface area contributed by atoms with E-state index in [1.165, 1.54) is 17.5 Å². The van der Waals surface area contributed by atoms with E-state index in [1.807, 2.05) is 13.0 Å². The van der Waals surface area contributed by atoms with Gasteiger partial charge in [0, 0.05) is 24.4 Å². The maximum absolute atomic E-state index is 11.5. The monoisotopic (exact) mass is 319 g/mol. The fourth-order valence-electron chi connectivity index (χ4n) is 2.45. The van der Waals surface area contributed by atoms with Gasteiger partial charge in [0.05, 0.1) is 0 Å². The molecule has 1 aliphatic rings. The van der Waals surface area contributed by atoms with Gasteiger partial charge in [0.1, 0.15) is 0 Å². The third kappa shape index (κ3) is 5.83. The number of hydrogen-bond acceptors (Lipinski definition) is 4. The lowest BCUT2D eigenvalue weighted by Crippen LogP contribution is -2.39. The van der Waals surface area contributed by atoms with Gasteiger partial charge in [-0.05, 0) is 43.1 Å². The molecule has 22 heavy (non-hydrogen) atoms. The van der Waals surface area contributed by atoms with E-state index in [0.29, 0.717) is 6.04 Å². The first-order valence-corrected chi connectivity index (χ1v) is 8.82. The lowest BCUT2D eigenvalue weighted by atomic mass is 10.0. The van der Waals surface area contributed by atoms with Crippen molar-refractivity contribution in [1.29, 1.82) is 0 Å². The number of amides is 1. The largest absolute Gasteiger partial charge is 0.328 e. The molecule has 0 spiro atoms. The summed E-state index contributed by atoms with van der Waals surface area (Å²) in [7, 11) is 0. The number of benzene rings is 1. The van der Waals surface area contributed by atoms with Gasteiger partial charge in [0.2, 0.25) is 0 Å². The number of nitrogens with zero attached hydrogens (tertiary/aromatic N) is 1. The molecular weight excluding hydrogens is 294 g/mol. The van der Waals surface area contributed by atoms with E-state index in [0.717, 1.165) is 43.8 Å². The predicted molar refractivity (Wildman–Crippen MR) is 94.2 cm³/mol. The molecule has 0 saturated carbocycles. The fraction of sp³-hybridized carbons (Fsp3) is 0.471. The number of rotatable bonds is 6. The molecule has 1 amide bonds. The van der Waals surface area contributed by atoms with Crippen LogP contribution in [-0.2, 0) is 11.3 Å². The zero-order valence-electron chi connectivity index (χ0n) is 13.1. The van der Waals surface area contributed by atoms with Crippen LogP contribution < -0.4 is 10.5 Å². The molecule has 1 aliphatic heterocycles. The number of likely N-dealkylation sites (tertiary alicyclic amines) is 1. The van der Waals surface area contributed by atoms with Crippen LogP contribution in [0.2, 0.25) is 0 Å². The van der Waals surface area contributed by atoms with E-state index < -0.39 is 0 Å². The zero-order chi connectivity index (χ0) is 15.8. The number of piperidine rings is 1. The summed E-state index contributed by atoms with van der Waals surface area (Å²) in [4.78, 5) is 13.9. The Hall–Kier alpha value is -1.30. The molecule has 0 radical (unpaired) electrons. The highest BCUT2D eigenvalue weighted by molar-refractivity contribution is 7.97. The summed E-state index contributed by atoms with van der Waals surface area (Å²) < 4.78 is 2.75. The van der Waals surface area contributed by atoms with Crippen LogP contribution in [0.5, 0.6) is 0 Å². The number of carbonyl (C=O) groups excluding carboxylic acids is 1. The smallest absolute Gasteiger partial charge is 0.253 e. The van der Waals surface area contributed by atoms with Crippen LogP contribution in [0.15, 0.2) is 30.3 Å². The van der Waals surface area contributed by atoms with E-state index in [4.69, 9.17) is 5.73 Å². The molecule has 4 nitrogen and oxygen atoms in total. The van der Waals surface area contributed by atoms with Crippen molar-refractivity contribution in [3.8, 4) is 0 Å². The van der Waals surface area contributed by atoms with Gasteiger partial charge in [-0.2, -0.15) is 0 Å². The van der Waals surface area contributed by atoms with Gasteiger partial charge in [-0.15, -0.1) is 0 Å². The molecule has 1 heterocycles. The van der Waals surface area contributed by atoms with Gasteiger partial charge >= 0.3 is 0 Å². The molecule has 1 fully saturated rings. The molecule has 1 saturated heterocycles. The third-order valence-electron chi connectivity index (χ3n) is 3.76. The summed E-state index contributed by atoms with van der Waals surface area (Å²) in [5, 5.41) is 0. The molecule has 0 aliphatic carbocycles. The highest BCUT2D eigenvalue weighted by atomic mass is 32.2. The van der Waals surface area contributed by atoms with Gasteiger partial charge < -0.3 is 5.73 Å². The van der Waals surface area contributed by atoms with Gasteiger partial charge in [0.25, 0.3) is 5.91 Å². The maximum atomic E-state index is 11.5. The molecule has 0 bridgehead atoms. The second-order valence-corrected chi connectivity index (χ2v) is 6.66. The normalized spacial score (nSPS) is 17.0. The standard InChI is InChI=1S/C17H25N3OS/c1-2-22-19-17(21)8-7-14-3-5-15(6-4-14)13-20-11-9-16(18)10-12-20/h3-8,16H,2,9-13,18H2,1H3,(H,19,21)/b8-7+. The molecule has 5 heteroatoms. The number of carbonyl (C=O) groups is 1. The molecule has 1 aromatic carbocycles. The van der Waals surface area contributed by atoms with E-state index in [2.05, 4.69) is 33.9 Å². The molecule has 1 aromatic rings. The summed E-state index contributed by atoms with van der Waals surface area (Å²) >= 11 is 1.41. The Balaban J connectivity index is 1.82. The van der Waals surface area contributed by atoms with E-state index >= 15 is 0 Å². The van der Waals surface area contributed by atoms with E-state index in [9.17, 15) is 4.79 Å². The van der Waals surface area contributed by atoms with Gasteiger partial charge in [-0.1, -0.05) is 43.1 Å². The second kappa shape index (κ2) is 8.98. The molecule has 0 atom stereocenters. The zero-order valence-corrected chi connectivity index (χ0v) is 13.9. The average Bonchev–Trinajstić information content (AvgIpc) is 2.54. The molecule has 2 rings (SSSR count). The Morgan fingerprint density at radius 1 is 1.36 bits per heavy atom. The van der Waals surface area contributed by atoms with Crippen LogP contribution in [0.1, 0.15) is 30.9 Å². The number of nitrogens with one attached hydrogen (secondary N) is 1. The molecule has 0 aromatic heterocycles. The minimum Gasteiger partial charge on any atom is -0.328 e. The van der Waals surface area contributed by atoms with Gasteiger partial charge in [-0.25, -0.2) is 0 Å². The number of hydrogen-bond donors (Lipinski definition) is 2. The van der Waals surface area contributed by atoms with Gasteiger partial charge in [0.15, 0.2) is 0 Å². The topological polar surface area (TPSA) is 58.4 Å². The van der Waals surface area contributed by atoms with E-state index in [1.54, 1.807) is 6.08 Å². The van der Waals surface area contributed by atoms with Crippen molar-refractivity contribution in [3.63, 3.8) is 0 Å². The third-order valence-corrected chi connectivity index (χ3v) is 4.40. The summed E-state index contributed by atoms with van der Waals surface area (Å²) in [5.74, 6) is 0.802. The molecule has 3 N–H and O–H groups in total. The van der Waals surface area contributed by atoms with Crippen LogP contribution in [-0.4, -0.2) is 35.7 Å². The van der Waals surface area contributed by atoms with Crippen molar-refractivity contribution >= 4 is 23.9 Å². The summed E-state index contributed by atoms with van der Waals surface area (Å²) in [6.45, 7) is 5.14. The minimum atomic E-state index is -0.0689. The molecular formula is C17H25N3OS. The quantitative estimate of drug-likeness (QED) is 0.624. The van der Waals surface area contributed by atoms with Crippen LogP contribution in [0.4, 0.5) is 0 Å². The van der Waals surface area contributed by atoms with Crippen LogP contribution >= 0.6 is 11.9 Å². The summed E-state index contributed by atoms with van der Waals surface area (Å²) in [6.07, 6.45) is 5.59. The molecule has 0 unspecified atom stereocenters. The second-order valence-electron chi connectivity index (χ2n) is 5.59. The van der Waals surface area contributed by atoms with Crippen molar-refractivity contribution in [1.82, 2.24) is 9.62 Å². The Morgan fingerprint density at radius 2 is 2.05 bits per heavy atom. The lowest BCUT2D eigenvalue weighted by molar-refractivity contribution is -0.114. The number of nitrogens with two attached hydrogens (primary N) is 1. The lowest BCUT2D eigenvalue weighted by Gasteiger charge is -2.30. The predicted octanol–water partition coefficient (Wildman–Crippen LogP) is 2.41. The maximum Gasteiger partial charge on any atom is 0.253 e. The minimum absolute atomic E-state index is 0.0689. The first-order valence-electron chi connectivity index (χ1n) is 7.84. The Labute approximate surface area is 137 Å². The summed E-state index contributed by atoms with van der Waals surface area (Å²) in [6, 6.07) is 8.75. The highest BCUT2D eigenvalue weighted by Crippen LogP contribution is 2.13.